The first kappa shape index (κ1) is 12.9. The number of hydrogen-bond donors (Lipinski definition) is 2. The van der Waals surface area contributed by atoms with Gasteiger partial charge >= 0.3 is 0 Å². The first-order valence-electron chi connectivity index (χ1n) is 6.96. The topological polar surface area (TPSA) is 55.1 Å². The van der Waals surface area contributed by atoms with Gasteiger partial charge in [-0.05, 0) is 22.3 Å². The molecule has 0 fully saturated rings. The van der Waals surface area contributed by atoms with Crippen LogP contribution in [-0.4, -0.2) is 19.0 Å². The van der Waals surface area contributed by atoms with Crippen molar-refractivity contribution in [1.29, 1.82) is 0 Å². The lowest BCUT2D eigenvalue weighted by Gasteiger charge is -2.13. The molecule has 0 bridgehead atoms. The van der Waals surface area contributed by atoms with Crippen LogP contribution < -0.4 is 11.1 Å². The van der Waals surface area contributed by atoms with E-state index in [1.807, 2.05) is 24.3 Å². The highest BCUT2D eigenvalue weighted by molar-refractivity contribution is 5.84. The SMILES string of the molecule is NCCNC(=O)CC1c2ccccc2-c2ccccc21. The van der Waals surface area contributed by atoms with E-state index >= 15 is 0 Å². The molecule has 3 N–H and O–H groups in total. The highest BCUT2D eigenvalue weighted by Crippen LogP contribution is 2.45. The standard InChI is InChI=1S/C17H18N2O/c18-9-10-19-17(20)11-16-14-7-3-1-5-12(14)13-6-2-4-8-15(13)16/h1-8,16H,9-11,18H2,(H,19,20). The van der Waals surface area contributed by atoms with Gasteiger partial charge in [-0.3, -0.25) is 4.79 Å². The van der Waals surface area contributed by atoms with Gasteiger partial charge in [0, 0.05) is 25.4 Å². The second kappa shape index (κ2) is 5.47. The zero-order chi connectivity index (χ0) is 13.9. The molecule has 1 aliphatic rings. The van der Waals surface area contributed by atoms with Crippen molar-refractivity contribution in [1.82, 2.24) is 5.32 Å². The third kappa shape index (κ3) is 2.21. The minimum atomic E-state index is 0.0620. The molecule has 20 heavy (non-hydrogen) atoms. The maximum absolute atomic E-state index is 12.0. The molecular formula is C17H18N2O. The molecule has 0 atom stereocenters. The van der Waals surface area contributed by atoms with E-state index in [9.17, 15) is 4.79 Å². The van der Waals surface area contributed by atoms with Crippen LogP contribution in [0.4, 0.5) is 0 Å². The molecule has 102 valence electrons. The molecule has 0 saturated carbocycles. The second-order valence-corrected chi connectivity index (χ2v) is 5.07. The fourth-order valence-electron chi connectivity index (χ4n) is 2.95. The molecule has 0 aliphatic heterocycles. The second-order valence-electron chi connectivity index (χ2n) is 5.07. The van der Waals surface area contributed by atoms with Gasteiger partial charge in [-0.25, -0.2) is 0 Å². The number of nitrogens with one attached hydrogen (secondary N) is 1. The number of amides is 1. The summed E-state index contributed by atoms with van der Waals surface area (Å²) in [7, 11) is 0. The Kier molecular flexibility index (Phi) is 3.52. The molecular weight excluding hydrogens is 248 g/mol. The summed E-state index contributed by atoms with van der Waals surface area (Å²) in [5.74, 6) is 0.215. The average Bonchev–Trinajstić information content (AvgIpc) is 2.80. The summed E-state index contributed by atoms with van der Waals surface area (Å²) >= 11 is 0. The highest BCUT2D eigenvalue weighted by Gasteiger charge is 2.29. The number of benzene rings is 2. The summed E-state index contributed by atoms with van der Waals surface area (Å²) in [5, 5.41) is 2.86. The van der Waals surface area contributed by atoms with Crippen LogP contribution >= 0.6 is 0 Å². The van der Waals surface area contributed by atoms with Crippen LogP contribution in [0.3, 0.4) is 0 Å². The summed E-state index contributed by atoms with van der Waals surface area (Å²) in [6.45, 7) is 1.01. The Labute approximate surface area is 118 Å². The minimum Gasteiger partial charge on any atom is -0.355 e. The van der Waals surface area contributed by atoms with E-state index in [1.165, 1.54) is 22.3 Å². The highest BCUT2D eigenvalue weighted by atomic mass is 16.1. The lowest BCUT2D eigenvalue weighted by molar-refractivity contribution is -0.121. The van der Waals surface area contributed by atoms with Crippen molar-refractivity contribution in [3.63, 3.8) is 0 Å². The van der Waals surface area contributed by atoms with Gasteiger partial charge < -0.3 is 11.1 Å². The Morgan fingerprint density at radius 1 is 1.00 bits per heavy atom. The summed E-state index contributed by atoms with van der Waals surface area (Å²) in [5.41, 5.74) is 10.4. The maximum Gasteiger partial charge on any atom is 0.220 e. The maximum atomic E-state index is 12.0. The molecule has 0 spiro atoms. The Balaban J connectivity index is 1.93. The van der Waals surface area contributed by atoms with Gasteiger partial charge in [0.15, 0.2) is 0 Å². The lowest BCUT2D eigenvalue weighted by atomic mass is 9.93. The van der Waals surface area contributed by atoms with Crippen LogP contribution in [0.2, 0.25) is 0 Å². The third-order valence-electron chi connectivity index (χ3n) is 3.82. The zero-order valence-electron chi connectivity index (χ0n) is 11.3. The molecule has 0 aromatic heterocycles. The Hall–Kier alpha value is -2.13. The van der Waals surface area contributed by atoms with Crippen LogP contribution in [-0.2, 0) is 4.79 Å². The number of nitrogens with two attached hydrogens (primary N) is 1. The fourth-order valence-corrected chi connectivity index (χ4v) is 2.95. The van der Waals surface area contributed by atoms with Crippen LogP contribution in [0.1, 0.15) is 23.5 Å². The monoisotopic (exact) mass is 266 g/mol. The van der Waals surface area contributed by atoms with Crippen LogP contribution in [0.15, 0.2) is 48.5 Å². The molecule has 3 heteroatoms. The van der Waals surface area contributed by atoms with Crippen LogP contribution in [0, 0.1) is 0 Å². The first-order valence-corrected chi connectivity index (χ1v) is 6.96. The Bertz CT molecular complexity index is 591. The van der Waals surface area contributed by atoms with Crippen molar-refractivity contribution in [3.8, 4) is 11.1 Å². The molecule has 1 aliphatic carbocycles. The normalized spacial score (nSPS) is 12.8. The molecule has 0 radical (unpaired) electrons. The molecule has 2 aromatic rings. The molecule has 1 amide bonds. The van der Waals surface area contributed by atoms with E-state index in [4.69, 9.17) is 5.73 Å². The number of rotatable bonds is 4. The Morgan fingerprint density at radius 2 is 1.55 bits per heavy atom. The van der Waals surface area contributed by atoms with E-state index in [1.54, 1.807) is 0 Å². The van der Waals surface area contributed by atoms with Crippen LogP contribution in [0.25, 0.3) is 11.1 Å². The number of carbonyl (C=O) groups excluding carboxylic acids is 1. The number of carbonyl (C=O) groups is 1. The van der Waals surface area contributed by atoms with Crippen LogP contribution in [0.5, 0.6) is 0 Å². The van der Waals surface area contributed by atoms with Crippen molar-refractivity contribution >= 4 is 5.91 Å². The summed E-state index contributed by atoms with van der Waals surface area (Å²) in [6.07, 6.45) is 0.480. The molecule has 0 saturated heterocycles. The van der Waals surface area contributed by atoms with Crippen molar-refractivity contribution < 1.29 is 4.79 Å². The fraction of sp³-hybridized carbons (Fsp3) is 0.235. The van der Waals surface area contributed by atoms with E-state index in [2.05, 4.69) is 29.6 Å². The zero-order valence-corrected chi connectivity index (χ0v) is 11.3. The average molecular weight is 266 g/mol. The summed E-state index contributed by atoms with van der Waals surface area (Å²) in [6, 6.07) is 16.7. The molecule has 0 unspecified atom stereocenters. The van der Waals surface area contributed by atoms with Gasteiger partial charge in [0.1, 0.15) is 0 Å². The van der Waals surface area contributed by atoms with Gasteiger partial charge in [-0.1, -0.05) is 48.5 Å². The molecule has 3 rings (SSSR count). The Morgan fingerprint density at radius 3 is 2.10 bits per heavy atom. The van der Waals surface area contributed by atoms with Gasteiger partial charge in [-0.15, -0.1) is 0 Å². The van der Waals surface area contributed by atoms with Gasteiger partial charge in [-0.2, -0.15) is 0 Å². The van der Waals surface area contributed by atoms with E-state index in [0.29, 0.717) is 19.5 Å². The van der Waals surface area contributed by atoms with Crippen molar-refractivity contribution in [3.05, 3.63) is 59.7 Å². The largest absolute Gasteiger partial charge is 0.355 e. The quantitative estimate of drug-likeness (QED) is 0.892. The van der Waals surface area contributed by atoms with Gasteiger partial charge in [0.05, 0.1) is 0 Å². The summed E-state index contributed by atoms with van der Waals surface area (Å²) < 4.78 is 0. The predicted octanol–water partition coefficient (Wildman–Crippen LogP) is 2.26. The molecule has 3 nitrogen and oxygen atoms in total. The van der Waals surface area contributed by atoms with Crippen molar-refractivity contribution in [2.45, 2.75) is 12.3 Å². The summed E-state index contributed by atoms with van der Waals surface area (Å²) in [4.78, 5) is 12.0. The lowest BCUT2D eigenvalue weighted by Crippen LogP contribution is -2.30. The van der Waals surface area contributed by atoms with E-state index < -0.39 is 0 Å². The minimum absolute atomic E-state index is 0.0620. The van der Waals surface area contributed by atoms with Gasteiger partial charge in [0.2, 0.25) is 5.91 Å². The molecule has 0 heterocycles. The predicted molar refractivity (Wildman–Crippen MR) is 80.4 cm³/mol. The smallest absolute Gasteiger partial charge is 0.220 e. The molecule has 2 aromatic carbocycles. The van der Waals surface area contributed by atoms with Crippen molar-refractivity contribution in [2.24, 2.45) is 5.73 Å². The number of fused-ring (bicyclic) bond motifs is 3. The number of hydrogen-bond acceptors (Lipinski definition) is 2. The van der Waals surface area contributed by atoms with Gasteiger partial charge in [0.25, 0.3) is 0 Å². The van der Waals surface area contributed by atoms with E-state index in [0.717, 1.165) is 0 Å². The third-order valence-corrected chi connectivity index (χ3v) is 3.82. The van der Waals surface area contributed by atoms with E-state index in [-0.39, 0.29) is 11.8 Å². The van der Waals surface area contributed by atoms with Crippen molar-refractivity contribution in [2.75, 3.05) is 13.1 Å². The first-order chi connectivity index (χ1) is 9.81.